The molecule has 0 saturated heterocycles. The molecule has 1 aromatic heterocycles. The van der Waals surface area contributed by atoms with E-state index in [0.717, 1.165) is 0 Å². The Bertz CT molecular complexity index is 252. The van der Waals surface area contributed by atoms with Crippen molar-refractivity contribution in [1.82, 2.24) is 4.98 Å². The fraction of sp³-hybridized carbons (Fsp3) is 0. The summed E-state index contributed by atoms with van der Waals surface area (Å²) in [5.41, 5.74) is 0. The topological polar surface area (TPSA) is 42.0 Å². The van der Waals surface area contributed by atoms with Gasteiger partial charge in [0.05, 0.1) is 0 Å². The van der Waals surface area contributed by atoms with Crippen LogP contribution >= 0.6 is 32.9 Å². The summed E-state index contributed by atoms with van der Waals surface area (Å²) in [6, 6.07) is 0. The molecule has 0 radical (unpaired) electrons. The molecule has 0 aromatic carbocycles. The first-order valence-corrected chi connectivity index (χ1v) is 4.56. The molecule has 1 rings (SSSR count). The lowest BCUT2D eigenvalue weighted by molar-refractivity contribution is -0.105. The number of carbonyl (C=O) groups is 1. The smallest absolute Gasteiger partial charge is 0.213 e. The van der Waals surface area contributed by atoms with Gasteiger partial charge < -0.3 is 5.32 Å². The van der Waals surface area contributed by atoms with Gasteiger partial charge >= 0.3 is 0 Å². The lowest BCUT2D eigenvalue weighted by atomic mass is 11.1. The average Bonchev–Trinajstić information content (AvgIpc) is 2.17. The molecule has 0 aliphatic carbocycles. The molecular weight excluding hydrogens is 176 g/mol. The second kappa shape index (κ2) is 3.00. The van der Waals surface area contributed by atoms with Gasteiger partial charge in [-0.25, -0.2) is 0 Å². The Kier molecular flexibility index (Phi) is 2.26. The third-order valence-electron chi connectivity index (χ3n) is 0.567. The lowest BCUT2D eigenvalue weighted by Crippen LogP contribution is -1.91. The van der Waals surface area contributed by atoms with Gasteiger partial charge in [0, 0.05) is 0 Å². The highest BCUT2D eigenvalue weighted by Gasteiger charge is 1.91. The molecule has 9 heavy (non-hydrogen) atoms. The highest BCUT2D eigenvalue weighted by molar-refractivity contribution is 7.79. The number of amides is 1. The molecule has 1 N–H and O–H groups in total. The van der Waals surface area contributed by atoms with E-state index < -0.39 is 0 Å². The van der Waals surface area contributed by atoms with Crippen LogP contribution in [0.25, 0.3) is 0 Å². The quantitative estimate of drug-likeness (QED) is 0.424. The first kappa shape index (κ1) is 6.79. The van der Waals surface area contributed by atoms with E-state index in [1.807, 2.05) is 0 Å². The van der Waals surface area contributed by atoms with E-state index in [9.17, 15) is 4.79 Å². The maximum absolute atomic E-state index is 9.81. The van der Waals surface area contributed by atoms with Crippen molar-refractivity contribution in [2.24, 2.45) is 0 Å². The van der Waals surface area contributed by atoms with E-state index in [1.54, 1.807) is 0 Å². The van der Waals surface area contributed by atoms with E-state index in [4.69, 9.17) is 12.2 Å². The minimum atomic E-state index is 0.560. The lowest BCUT2D eigenvalue weighted by Gasteiger charge is -1.81. The molecule has 1 amide bonds. The fourth-order valence-electron chi connectivity index (χ4n) is 0.302. The number of hydrogen-bond acceptors (Lipinski definition) is 5. The van der Waals surface area contributed by atoms with Crippen molar-refractivity contribution >= 4 is 44.4 Å². The highest BCUT2D eigenvalue weighted by Crippen LogP contribution is 2.17. The molecule has 0 saturated carbocycles. The standard InChI is InChI=1S/C3H2N2OS3/c6-1-4-2-5-3(7)9-8-2/h1H,(H,4,5,6,7). The van der Waals surface area contributed by atoms with E-state index in [0.29, 0.717) is 15.5 Å². The van der Waals surface area contributed by atoms with Gasteiger partial charge in [-0.1, -0.05) is 0 Å². The number of nitrogens with zero attached hydrogens (tertiary/aromatic N) is 1. The zero-order chi connectivity index (χ0) is 6.69. The Morgan fingerprint density at radius 2 is 2.44 bits per heavy atom. The number of hydrogen-bond donors (Lipinski definition) is 1. The molecule has 0 atom stereocenters. The minimum Gasteiger partial charge on any atom is -0.304 e. The molecule has 0 bridgehead atoms. The van der Waals surface area contributed by atoms with E-state index >= 15 is 0 Å². The minimum absolute atomic E-state index is 0.560. The van der Waals surface area contributed by atoms with Gasteiger partial charge in [-0.2, -0.15) is 4.98 Å². The Morgan fingerprint density at radius 1 is 1.67 bits per heavy atom. The van der Waals surface area contributed by atoms with E-state index in [1.165, 1.54) is 20.7 Å². The first-order chi connectivity index (χ1) is 4.33. The zero-order valence-electron chi connectivity index (χ0n) is 4.16. The van der Waals surface area contributed by atoms with Crippen LogP contribution in [0.4, 0.5) is 5.13 Å². The van der Waals surface area contributed by atoms with Crippen LogP contribution in [0.3, 0.4) is 0 Å². The van der Waals surface area contributed by atoms with Crippen molar-refractivity contribution in [1.29, 1.82) is 0 Å². The van der Waals surface area contributed by atoms with Crippen LogP contribution in [-0.2, 0) is 4.79 Å². The maximum atomic E-state index is 9.81. The fourth-order valence-corrected chi connectivity index (χ4v) is 2.14. The predicted octanol–water partition coefficient (Wildman–Crippen LogP) is 1.50. The summed E-state index contributed by atoms with van der Waals surface area (Å²) in [7, 11) is 2.73. The second-order valence-electron chi connectivity index (χ2n) is 1.11. The second-order valence-corrected chi connectivity index (χ2v) is 3.86. The average molecular weight is 178 g/mol. The SMILES string of the molecule is O=CNc1nc(=S)ss1. The van der Waals surface area contributed by atoms with Gasteiger partial charge in [0.15, 0.2) is 3.95 Å². The summed E-state index contributed by atoms with van der Waals surface area (Å²) < 4.78 is 0.560. The van der Waals surface area contributed by atoms with E-state index in [2.05, 4.69) is 10.3 Å². The van der Waals surface area contributed by atoms with E-state index in [-0.39, 0.29) is 0 Å². The monoisotopic (exact) mass is 178 g/mol. The van der Waals surface area contributed by atoms with Crippen LogP contribution in [-0.4, -0.2) is 11.4 Å². The predicted molar refractivity (Wildman–Crippen MR) is 40.5 cm³/mol. The molecule has 6 heteroatoms. The molecule has 0 fully saturated rings. The molecule has 0 spiro atoms. The van der Waals surface area contributed by atoms with Crippen molar-refractivity contribution in [3.8, 4) is 0 Å². The largest absolute Gasteiger partial charge is 0.304 e. The van der Waals surface area contributed by atoms with Crippen LogP contribution in [0.15, 0.2) is 0 Å². The Balaban J connectivity index is 2.84. The van der Waals surface area contributed by atoms with Gasteiger partial charge in [0.1, 0.15) is 0 Å². The zero-order valence-corrected chi connectivity index (χ0v) is 6.61. The third kappa shape index (κ3) is 1.81. The molecule has 0 unspecified atom stereocenters. The van der Waals surface area contributed by atoms with Crippen molar-refractivity contribution in [2.45, 2.75) is 0 Å². The Morgan fingerprint density at radius 3 is 2.89 bits per heavy atom. The van der Waals surface area contributed by atoms with Crippen LogP contribution in [0.2, 0.25) is 0 Å². The van der Waals surface area contributed by atoms with Gasteiger partial charge in [-0.05, 0) is 32.9 Å². The summed E-state index contributed by atoms with van der Waals surface area (Å²) >= 11 is 4.71. The van der Waals surface area contributed by atoms with Gasteiger partial charge in [0.25, 0.3) is 0 Å². The molecule has 48 valence electrons. The van der Waals surface area contributed by atoms with Gasteiger partial charge in [-0.15, -0.1) is 0 Å². The summed E-state index contributed by atoms with van der Waals surface area (Å²) in [6.45, 7) is 0. The summed E-state index contributed by atoms with van der Waals surface area (Å²) in [5, 5.41) is 2.97. The third-order valence-corrected chi connectivity index (χ3v) is 3.11. The van der Waals surface area contributed by atoms with Gasteiger partial charge in [0.2, 0.25) is 11.5 Å². The number of nitrogens with one attached hydrogen (secondary N) is 1. The van der Waals surface area contributed by atoms with Crippen molar-refractivity contribution in [3.05, 3.63) is 3.95 Å². The number of carbonyl (C=O) groups excluding carboxylic acids is 1. The Labute approximate surface area is 63.8 Å². The maximum Gasteiger partial charge on any atom is 0.213 e. The van der Waals surface area contributed by atoms with Gasteiger partial charge in [-0.3, -0.25) is 4.79 Å². The normalized spacial score (nSPS) is 8.89. The molecular formula is C3H2N2OS3. The van der Waals surface area contributed by atoms with Crippen LogP contribution < -0.4 is 5.32 Å². The summed E-state index contributed by atoms with van der Waals surface area (Å²) in [4.78, 5) is 13.6. The Hall–Kier alpha value is -0.330. The number of anilines is 1. The molecule has 0 aliphatic rings. The first-order valence-electron chi connectivity index (χ1n) is 2.00. The van der Waals surface area contributed by atoms with Crippen molar-refractivity contribution in [3.63, 3.8) is 0 Å². The van der Waals surface area contributed by atoms with Crippen LogP contribution in [0, 0.1) is 3.95 Å². The number of aromatic nitrogens is 1. The van der Waals surface area contributed by atoms with Crippen LogP contribution in [0.5, 0.6) is 0 Å². The molecule has 0 aliphatic heterocycles. The van der Waals surface area contributed by atoms with Crippen molar-refractivity contribution in [2.75, 3.05) is 5.32 Å². The van der Waals surface area contributed by atoms with Crippen LogP contribution in [0.1, 0.15) is 0 Å². The number of rotatable bonds is 2. The highest BCUT2D eigenvalue weighted by atomic mass is 32.9. The molecule has 1 heterocycles. The van der Waals surface area contributed by atoms with Crippen molar-refractivity contribution < 1.29 is 4.79 Å². The molecule has 3 nitrogen and oxygen atoms in total. The summed E-state index contributed by atoms with van der Waals surface area (Å²) in [5.74, 6) is 0. The summed E-state index contributed by atoms with van der Waals surface area (Å²) in [6.07, 6.45) is 0.584. The molecule has 1 aromatic rings.